The maximum Gasteiger partial charge on any atom is 0.319 e. The minimum atomic E-state index is -0.589. The minimum absolute atomic E-state index is 0.0746. The molecule has 1 aromatic carbocycles. The van der Waals surface area contributed by atoms with E-state index in [4.69, 9.17) is 9.47 Å². The number of nitrogens with one attached hydrogen (secondary N) is 2. The number of pyridine rings is 1. The van der Waals surface area contributed by atoms with Gasteiger partial charge in [0, 0.05) is 18.3 Å². The molecule has 6 nitrogen and oxygen atoms in total. The number of benzene rings is 1. The van der Waals surface area contributed by atoms with Gasteiger partial charge in [-0.3, -0.25) is 4.98 Å². The molecule has 1 aliphatic carbocycles. The van der Waals surface area contributed by atoms with E-state index in [1.165, 1.54) is 12.3 Å². The first kappa shape index (κ1) is 18.0. The first-order valence-corrected chi connectivity index (χ1v) is 8.64. The number of halogens is 1. The number of carbonyl (C=O) groups is 1. The van der Waals surface area contributed by atoms with E-state index in [1.807, 2.05) is 18.2 Å². The summed E-state index contributed by atoms with van der Waals surface area (Å²) in [6, 6.07) is 6.44. The number of hydrogen-bond donors (Lipinski definition) is 2. The second-order valence-corrected chi connectivity index (χ2v) is 6.14. The molecule has 1 aromatic heterocycles. The van der Waals surface area contributed by atoms with E-state index in [1.54, 1.807) is 7.11 Å². The zero-order valence-electron chi connectivity index (χ0n) is 14.6. The molecule has 0 aliphatic heterocycles. The van der Waals surface area contributed by atoms with Gasteiger partial charge < -0.3 is 20.1 Å². The van der Waals surface area contributed by atoms with E-state index in [-0.39, 0.29) is 18.3 Å². The molecule has 1 aliphatic rings. The second kappa shape index (κ2) is 8.51. The fraction of sp³-hybridized carbons (Fsp3) is 0.368. The van der Waals surface area contributed by atoms with Crippen LogP contribution in [0.2, 0.25) is 0 Å². The van der Waals surface area contributed by atoms with Gasteiger partial charge >= 0.3 is 6.03 Å². The molecule has 2 amide bonds. The smallest absolute Gasteiger partial charge is 0.319 e. The summed E-state index contributed by atoms with van der Waals surface area (Å²) in [5.74, 6) is 0.698. The van der Waals surface area contributed by atoms with E-state index in [9.17, 15) is 9.18 Å². The number of carbonyl (C=O) groups excluding carboxylic acids is 1. The third-order valence-corrected chi connectivity index (χ3v) is 4.33. The van der Waals surface area contributed by atoms with E-state index >= 15 is 0 Å². The highest BCUT2D eigenvalue weighted by molar-refractivity contribution is 5.89. The largest absolute Gasteiger partial charge is 0.493 e. The Labute approximate surface area is 151 Å². The van der Waals surface area contributed by atoms with Crippen LogP contribution in [0.15, 0.2) is 36.7 Å². The lowest BCUT2D eigenvalue weighted by Gasteiger charge is -2.19. The molecule has 0 atom stereocenters. The molecule has 3 rings (SSSR count). The van der Waals surface area contributed by atoms with E-state index in [0.717, 1.165) is 37.4 Å². The number of urea groups is 1. The number of ether oxygens (including phenoxy) is 2. The molecule has 26 heavy (non-hydrogen) atoms. The van der Waals surface area contributed by atoms with Gasteiger partial charge in [0.25, 0.3) is 0 Å². The van der Waals surface area contributed by atoms with E-state index in [2.05, 4.69) is 15.6 Å². The summed E-state index contributed by atoms with van der Waals surface area (Å²) in [6.45, 7) is 0.234. The summed E-state index contributed by atoms with van der Waals surface area (Å²) in [5.41, 5.74) is 0.882. The van der Waals surface area contributed by atoms with Gasteiger partial charge in [-0.2, -0.15) is 0 Å². The van der Waals surface area contributed by atoms with Crippen LogP contribution in [0.5, 0.6) is 11.5 Å². The quantitative estimate of drug-likeness (QED) is 0.821. The van der Waals surface area contributed by atoms with Crippen LogP contribution in [0.1, 0.15) is 31.2 Å². The molecule has 0 spiro atoms. The van der Waals surface area contributed by atoms with Crippen molar-refractivity contribution >= 4 is 11.7 Å². The standard InChI is InChI=1S/C19H22FN3O3/c1-25-17-8-4-5-13(18(17)26-14-6-2-3-7-14)11-22-19(24)23-16-9-10-21-12-15(16)20/h4-5,8-10,12,14H,2-3,6-7,11H2,1H3,(H2,21,22,23,24). The fourth-order valence-corrected chi connectivity index (χ4v) is 2.99. The Kier molecular flexibility index (Phi) is 5.88. The maximum atomic E-state index is 13.6. The maximum absolute atomic E-state index is 13.6. The van der Waals surface area contributed by atoms with Crippen LogP contribution >= 0.6 is 0 Å². The zero-order valence-corrected chi connectivity index (χ0v) is 14.6. The van der Waals surface area contributed by atoms with E-state index in [0.29, 0.717) is 11.5 Å². The molecule has 1 fully saturated rings. The number of hydrogen-bond acceptors (Lipinski definition) is 4. The van der Waals surface area contributed by atoms with Crippen LogP contribution < -0.4 is 20.1 Å². The molecule has 2 aromatic rings. The van der Waals surface area contributed by atoms with Gasteiger partial charge in [-0.1, -0.05) is 12.1 Å². The molecule has 138 valence electrons. The summed E-state index contributed by atoms with van der Waals surface area (Å²) >= 11 is 0. The Balaban J connectivity index is 1.66. The SMILES string of the molecule is COc1cccc(CNC(=O)Nc2ccncc2F)c1OC1CCCC1. The minimum Gasteiger partial charge on any atom is -0.493 e. The number of aromatic nitrogens is 1. The van der Waals surface area contributed by atoms with Crippen molar-refractivity contribution < 1.29 is 18.7 Å². The van der Waals surface area contributed by atoms with Crippen molar-refractivity contribution in [2.75, 3.05) is 12.4 Å². The Morgan fingerprint density at radius 1 is 1.31 bits per heavy atom. The Morgan fingerprint density at radius 2 is 2.12 bits per heavy atom. The average molecular weight is 359 g/mol. The Bertz CT molecular complexity index is 763. The lowest BCUT2D eigenvalue weighted by Crippen LogP contribution is -2.29. The van der Waals surface area contributed by atoms with Crippen molar-refractivity contribution in [1.82, 2.24) is 10.3 Å². The first-order valence-electron chi connectivity index (χ1n) is 8.64. The van der Waals surface area contributed by atoms with Gasteiger partial charge in [0.1, 0.15) is 0 Å². The van der Waals surface area contributed by atoms with Crippen LogP contribution in [0.4, 0.5) is 14.9 Å². The van der Waals surface area contributed by atoms with Crippen LogP contribution in [0.3, 0.4) is 0 Å². The molecule has 1 saturated carbocycles. The van der Waals surface area contributed by atoms with Crippen molar-refractivity contribution in [2.45, 2.75) is 38.3 Å². The third-order valence-electron chi connectivity index (χ3n) is 4.33. The van der Waals surface area contributed by atoms with Crippen molar-refractivity contribution in [2.24, 2.45) is 0 Å². The lowest BCUT2D eigenvalue weighted by atomic mass is 10.1. The average Bonchev–Trinajstić information content (AvgIpc) is 3.16. The van der Waals surface area contributed by atoms with Gasteiger partial charge in [0.05, 0.1) is 25.1 Å². The number of para-hydroxylation sites is 1. The summed E-state index contributed by atoms with van der Waals surface area (Å²) in [4.78, 5) is 15.7. The molecular formula is C19H22FN3O3. The van der Waals surface area contributed by atoms with Crippen LogP contribution in [0.25, 0.3) is 0 Å². The van der Waals surface area contributed by atoms with Crippen molar-refractivity contribution in [3.63, 3.8) is 0 Å². The molecule has 0 bridgehead atoms. The molecule has 0 saturated heterocycles. The second-order valence-electron chi connectivity index (χ2n) is 6.14. The third kappa shape index (κ3) is 4.41. The predicted molar refractivity (Wildman–Crippen MR) is 95.9 cm³/mol. The van der Waals surface area contributed by atoms with Crippen molar-refractivity contribution in [3.8, 4) is 11.5 Å². The molecule has 1 heterocycles. The highest BCUT2D eigenvalue weighted by atomic mass is 19.1. The number of amides is 2. The Hall–Kier alpha value is -2.83. The molecule has 0 radical (unpaired) electrons. The van der Waals surface area contributed by atoms with Gasteiger partial charge in [0.2, 0.25) is 0 Å². The van der Waals surface area contributed by atoms with E-state index < -0.39 is 11.8 Å². The highest BCUT2D eigenvalue weighted by Gasteiger charge is 2.20. The van der Waals surface area contributed by atoms with Gasteiger partial charge in [-0.05, 0) is 37.8 Å². The number of methoxy groups -OCH3 is 1. The topological polar surface area (TPSA) is 72.5 Å². The summed E-state index contributed by atoms with van der Waals surface area (Å²) < 4.78 is 25.1. The number of anilines is 1. The van der Waals surface area contributed by atoms with Gasteiger partial charge in [-0.25, -0.2) is 9.18 Å². The number of rotatable bonds is 6. The summed E-state index contributed by atoms with van der Waals surface area (Å²) in [6.07, 6.45) is 6.99. The Morgan fingerprint density at radius 3 is 2.85 bits per heavy atom. The van der Waals surface area contributed by atoms with Crippen molar-refractivity contribution in [1.29, 1.82) is 0 Å². The van der Waals surface area contributed by atoms with Crippen LogP contribution in [0, 0.1) is 5.82 Å². The molecule has 7 heteroatoms. The zero-order chi connectivity index (χ0) is 18.4. The lowest BCUT2D eigenvalue weighted by molar-refractivity contribution is 0.198. The normalized spacial score (nSPS) is 14.1. The van der Waals surface area contributed by atoms with Gasteiger partial charge in [-0.15, -0.1) is 0 Å². The van der Waals surface area contributed by atoms with Crippen molar-refractivity contribution in [3.05, 3.63) is 48.0 Å². The van der Waals surface area contributed by atoms with Gasteiger partial charge in [0.15, 0.2) is 17.3 Å². The number of nitrogens with zero attached hydrogens (tertiary/aromatic N) is 1. The molecular weight excluding hydrogens is 337 g/mol. The van der Waals surface area contributed by atoms with Crippen LogP contribution in [-0.2, 0) is 6.54 Å². The predicted octanol–water partition coefficient (Wildman–Crippen LogP) is 3.87. The molecule has 0 unspecified atom stereocenters. The summed E-state index contributed by atoms with van der Waals surface area (Å²) in [5, 5.41) is 5.18. The first-order chi connectivity index (χ1) is 12.7. The highest BCUT2D eigenvalue weighted by Crippen LogP contribution is 2.34. The monoisotopic (exact) mass is 359 g/mol. The fourth-order valence-electron chi connectivity index (χ4n) is 2.99. The summed E-state index contributed by atoms with van der Waals surface area (Å²) in [7, 11) is 1.59. The molecule has 2 N–H and O–H groups in total. The van der Waals surface area contributed by atoms with Crippen LogP contribution in [-0.4, -0.2) is 24.2 Å².